The normalized spacial score (nSPS) is 11.5. The summed E-state index contributed by atoms with van der Waals surface area (Å²) in [7, 11) is 0. The third-order valence-electron chi connectivity index (χ3n) is 2.34. The molecule has 1 N–H and O–H groups in total. The predicted molar refractivity (Wildman–Crippen MR) is 74.4 cm³/mol. The molecule has 0 fully saturated rings. The average Bonchev–Trinajstić information content (AvgIpc) is 2.27. The van der Waals surface area contributed by atoms with Crippen LogP contribution < -0.4 is 10.1 Å². The van der Waals surface area contributed by atoms with Crippen molar-refractivity contribution < 1.29 is 4.74 Å². The lowest BCUT2D eigenvalue weighted by Crippen LogP contribution is -2.34. The van der Waals surface area contributed by atoms with Crippen molar-refractivity contribution in [2.24, 2.45) is 5.41 Å². The van der Waals surface area contributed by atoms with Gasteiger partial charge in [-0.3, -0.25) is 4.98 Å². The molecule has 0 saturated carbocycles. The summed E-state index contributed by atoms with van der Waals surface area (Å²) in [5.74, 6) is 0.808. The maximum atomic E-state index is 5.75. The Labute approximate surface area is 112 Å². The molecule has 0 aliphatic heterocycles. The van der Waals surface area contributed by atoms with Crippen LogP contribution in [0.2, 0.25) is 0 Å². The molecule has 96 valence electrons. The van der Waals surface area contributed by atoms with E-state index < -0.39 is 0 Å². The first-order chi connectivity index (χ1) is 8.03. The minimum atomic E-state index is 0.123. The van der Waals surface area contributed by atoms with Gasteiger partial charge in [-0.05, 0) is 35.0 Å². The molecule has 0 spiro atoms. The standard InChI is InChI=1S/C13H21BrN2O/c1-4-5-15-9-13(2,3)10-17-12-6-11(14)7-16-8-12/h6-8,15H,4-5,9-10H2,1-3H3. The zero-order valence-corrected chi connectivity index (χ0v) is 12.4. The number of pyridine rings is 1. The van der Waals surface area contributed by atoms with Crippen molar-refractivity contribution >= 4 is 15.9 Å². The van der Waals surface area contributed by atoms with Crippen LogP contribution in [0.4, 0.5) is 0 Å². The van der Waals surface area contributed by atoms with Crippen molar-refractivity contribution in [1.29, 1.82) is 0 Å². The first-order valence-electron chi connectivity index (χ1n) is 5.97. The van der Waals surface area contributed by atoms with Gasteiger partial charge in [0, 0.05) is 22.6 Å². The Morgan fingerprint density at radius 3 is 2.82 bits per heavy atom. The highest BCUT2D eigenvalue weighted by atomic mass is 79.9. The van der Waals surface area contributed by atoms with Crippen molar-refractivity contribution in [2.75, 3.05) is 19.7 Å². The van der Waals surface area contributed by atoms with E-state index in [0.717, 1.165) is 29.7 Å². The summed E-state index contributed by atoms with van der Waals surface area (Å²) in [5, 5.41) is 3.42. The largest absolute Gasteiger partial charge is 0.491 e. The topological polar surface area (TPSA) is 34.1 Å². The van der Waals surface area contributed by atoms with Gasteiger partial charge in [-0.2, -0.15) is 0 Å². The maximum Gasteiger partial charge on any atom is 0.138 e. The Morgan fingerprint density at radius 1 is 1.41 bits per heavy atom. The fraction of sp³-hybridized carbons (Fsp3) is 0.615. The number of hydrogen-bond acceptors (Lipinski definition) is 3. The Balaban J connectivity index is 2.38. The molecule has 1 aromatic rings. The smallest absolute Gasteiger partial charge is 0.138 e. The van der Waals surface area contributed by atoms with Crippen molar-refractivity contribution in [1.82, 2.24) is 10.3 Å². The van der Waals surface area contributed by atoms with E-state index in [1.54, 1.807) is 12.4 Å². The van der Waals surface area contributed by atoms with E-state index >= 15 is 0 Å². The van der Waals surface area contributed by atoms with Crippen LogP contribution in [-0.2, 0) is 0 Å². The van der Waals surface area contributed by atoms with Crippen LogP contribution >= 0.6 is 15.9 Å². The van der Waals surface area contributed by atoms with Crippen LogP contribution in [0, 0.1) is 5.41 Å². The first-order valence-corrected chi connectivity index (χ1v) is 6.77. The number of hydrogen-bond donors (Lipinski definition) is 1. The second-order valence-electron chi connectivity index (χ2n) is 4.97. The third kappa shape index (κ3) is 6.03. The van der Waals surface area contributed by atoms with Crippen LogP contribution in [0.25, 0.3) is 0 Å². The van der Waals surface area contributed by atoms with Gasteiger partial charge in [-0.1, -0.05) is 20.8 Å². The SMILES string of the molecule is CCCNCC(C)(C)COc1cncc(Br)c1. The highest BCUT2D eigenvalue weighted by Crippen LogP contribution is 2.20. The quantitative estimate of drug-likeness (QED) is 0.785. The van der Waals surface area contributed by atoms with Gasteiger partial charge in [0.05, 0.1) is 12.8 Å². The molecule has 0 atom stereocenters. The zero-order chi connectivity index (χ0) is 12.7. The minimum absolute atomic E-state index is 0.123. The number of aromatic nitrogens is 1. The molecule has 0 aliphatic carbocycles. The van der Waals surface area contributed by atoms with Gasteiger partial charge in [0.1, 0.15) is 5.75 Å². The van der Waals surface area contributed by atoms with Crippen molar-refractivity contribution in [3.63, 3.8) is 0 Å². The van der Waals surface area contributed by atoms with E-state index in [2.05, 4.69) is 47.0 Å². The number of rotatable bonds is 7. The number of nitrogens with zero attached hydrogens (tertiary/aromatic N) is 1. The molecule has 0 saturated heterocycles. The summed E-state index contributed by atoms with van der Waals surface area (Å²) >= 11 is 3.38. The van der Waals surface area contributed by atoms with Crippen LogP contribution in [0.15, 0.2) is 22.9 Å². The molecule has 17 heavy (non-hydrogen) atoms. The van der Waals surface area contributed by atoms with Gasteiger partial charge in [0.15, 0.2) is 0 Å². The Bertz CT molecular complexity index is 342. The summed E-state index contributed by atoms with van der Waals surface area (Å²) in [5.41, 5.74) is 0.123. The molecular formula is C13H21BrN2O. The molecule has 0 amide bonds. The van der Waals surface area contributed by atoms with E-state index in [1.165, 1.54) is 0 Å². The number of ether oxygens (including phenoxy) is 1. The number of halogens is 1. The molecule has 3 nitrogen and oxygen atoms in total. The summed E-state index contributed by atoms with van der Waals surface area (Å²) in [4.78, 5) is 4.07. The summed E-state index contributed by atoms with van der Waals surface area (Å²) in [6.07, 6.45) is 4.65. The fourth-order valence-electron chi connectivity index (χ4n) is 1.40. The van der Waals surface area contributed by atoms with E-state index in [0.29, 0.717) is 6.61 Å². The average molecular weight is 301 g/mol. The molecular weight excluding hydrogens is 280 g/mol. The highest BCUT2D eigenvalue weighted by Gasteiger charge is 2.18. The van der Waals surface area contributed by atoms with Crippen LogP contribution in [-0.4, -0.2) is 24.7 Å². The van der Waals surface area contributed by atoms with Gasteiger partial charge in [-0.25, -0.2) is 0 Å². The highest BCUT2D eigenvalue weighted by molar-refractivity contribution is 9.10. The molecule has 0 aliphatic rings. The van der Waals surface area contributed by atoms with Crippen LogP contribution in [0.1, 0.15) is 27.2 Å². The van der Waals surface area contributed by atoms with E-state index in [9.17, 15) is 0 Å². The van der Waals surface area contributed by atoms with Crippen LogP contribution in [0.5, 0.6) is 5.75 Å². The summed E-state index contributed by atoms with van der Waals surface area (Å²) in [6, 6.07) is 1.93. The molecule has 0 radical (unpaired) electrons. The number of nitrogens with one attached hydrogen (secondary N) is 1. The lowest BCUT2D eigenvalue weighted by atomic mass is 9.95. The molecule has 4 heteroatoms. The Kier molecular flexibility index (Phi) is 5.92. The van der Waals surface area contributed by atoms with Gasteiger partial charge in [0.25, 0.3) is 0 Å². The fourth-order valence-corrected chi connectivity index (χ4v) is 1.75. The molecule has 1 rings (SSSR count). The van der Waals surface area contributed by atoms with E-state index in [1.807, 2.05) is 6.07 Å². The zero-order valence-electron chi connectivity index (χ0n) is 10.8. The lowest BCUT2D eigenvalue weighted by molar-refractivity contribution is 0.176. The van der Waals surface area contributed by atoms with E-state index in [4.69, 9.17) is 4.74 Å². The van der Waals surface area contributed by atoms with Crippen LogP contribution in [0.3, 0.4) is 0 Å². The second kappa shape index (κ2) is 6.97. The monoisotopic (exact) mass is 300 g/mol. The predicted octanol–water partition coefficient (Wildman–Crippen LogP) is 3.25. The van der Waals surface area contributed by atoms with Crippen molar-refractivity contribution in [3.8, 4) is 5.75 Å². The molecule has 0 aromatic carbocycles. The minimum Gasteiger partial charge on any atom is -0.491 e. The molecule has 0 bridgehead atoms. The first kappa shape index (κ1) is 14.5. The van der Waals surface area contributed by atoms with Crippen molar-refractivity contribution in [3.05, 3.63) is 22.9 Å². The summed E-state index contributed by atoms with van der Waals surface area (Å²) < 4.78 is 6.69. The summed E-state index contributed by atoms with van der Waals surface area (Å²) in [6.45, 7) is 9.26. The molecule has 1 aromatic heterocycles. The lowest BCUT2D eigenvalue weighted by Gasteiger charge is -2.25. The maximum absolute atomic E-state index is 5.75. The second-order valence-corrected chi connectivity index (χ2v) is 5.88. The van der Waals surface area contributed by atoms with Gasteiger partial charge >= 0.3 is 0 Å². The van der Waals surface area contributed by atoms with E-state index in [-0.39, 0.29) is 5.41 Å². The Morgan fingerprint density at radius 2 is 2.18 bits per heavy atom. The molecule has 0 unspecified atom stereocenters. The van der Waals surface area contributed by atoms with Crippen molar-refractivity contribution in [2.45, 2.75) is 27.2 Å². The Hall–Kier alpha value is -0.610. The van der Waals surface area contributed by atoms with Gasteiger partial charge in [0.2, 0.25) is 0 Å². The third-order valence-corrected chi connectivity index (χ3v) is 2.77. The van der Waals surface area contributed by atoms with Gasteiger partial charge < -0.3 is 10.1 Å². The molecule has 1 heterocycles. The van der Waals surface area contributed by atoms with Gasteiger partial charge in [-0.15, -0.1) is 0 Å².